The largest absolute Gasteiger partial charge is 0.248 e. The summed E-state index contributed by atoms with van der Waals surface area (Å²) < 4.78 is 0. The molecular weight excluding hydrogens is 145 g/mol. The molecule has 3 heteroatoms. The molecule has 0 saturated carbocycles. The van der Waals surface area contributed by atoms with E-state index in [1.807, 2.05) is 0 Å². The van der Waals surface area contributed by atoms with Crippen LogP contribution in [-0.2, 0) is 0 Å². The summed E-state index contributed by atoms with van der Waals surface area (Å²) in [5.74, 6) is 0. The van der Waals surface area contributed by atoms with E-state index < -0.39 is 0 Å². The molecule has 0 N–H and O–H groups in total. The third-order valence-electron chi connectivity index (χ3n) is 0.915. The van der Waals surface area contributed by atoms with Crippen LogP contribution in [0.1, 0.15) is 12.8 Å². The van der Waals surface area contributed by atoms with Crippen LogP contribution in [-0.4, -0.2) is 5.17 Å². The summed E-state index contributed by atoms with van der Waals surface area (Å²) in [5, 5.41) is 1.43. The van der Waals surface area contributed by atoms with Gasteiger partial charge in [0.2, 0.25) is 0 Å². The topological polar surface area (TPSA) is 12.4 Å². The Labute approximate surface area is 58.0 Å². The van der Waals surface area contributed by atoms with Gasteiger partial charge < -0.3 is 0 Å². The van der Waals surface area contributed by atoms with Crippen LogP contribution in [0.3, 0.4) is 0 Å². The van der Waals surface area contributed by atoms with Gasteiger partial charge in [-0.3, -0.25) is 0 Å². The number of aliphatic imine (C=N–C) groups is 1. The predicted octanol–water partition coefficient (Wildman–Crippen LogP) is 2.50. The van der Waals surface area contributed by atoms with Gasteiger partial charge in [0, 0.05) is 17.7 Å². The Morgan fingerprint density at radius 1 is 1.38 bits per heavy atom. The molecule has 0 saturated heterocycles. The second-order valence-electron chi connectivity index (χ2n) is 1.58. The Kier molecular flexibility index (Phi) is 1.92. The maximum atomic E-state index is 5.58. The maximum absolute atomic E-state index is 5.58. The van der Waals surface area contributed by atoms with Gasteiger partial charge in [-0.05, 0) is 6.42 Å². The first kappa shape index (κ1) is 6.12. The average molecular weight is 150 g/mol. The zero-order chi connectivity index (χ0) is 5.98. The lowest BCUT2D eigenvalue weighted by Gasteiger charge is -2.00. The molecule has 0 amide bonds. The van der Waals surface area contributed by atoms with Crippen molar-refractivity contribution in [3.05, 3.63) is 11.2 Å². The number of rotatable bonds is 0. The van der Waals surface area contributed by atoms with Crippen LogP contribution in [0.4, 0.5) is 0 Å². The second-order valence-corrected chi connectivity index (χ2v) is 2.50. The van der Waals surface area contributed by atoms with E-state index in [2.05, 4.69) is 4.99 Å². The first-order valence-corrected chi connectivity index (χ1v) is 3.11. The van der Waals surface area contributed by atoms with Gasteiger partial charge in [0.15, 0.2) is 0 Å². The SMILES string of the molecule is ClC1=CN=C(Cl)CC1. The molecule has 0 radical (unpaired) electrons. The molecule has 0 unspecified atom stereocenters. The third-order valence-corrected chi connectivity index (χ3v) is 1.49. The molecule has 0 atom stereocenters. The Balaban J connectivity index is 2.65. The van der Waals surface area contributed by atoms with Crippen LogP contribution in [0.15, 0.2) is 16.2 Å². The Morgan fingerprint density at radius 2 is 2.12 bits per heavy atom. The van der Waals surface area contributed by atoms with E-state index in [-0.39, 0.29) is 0 Å². The highest BCUT2D eigenvalue weighted by Gasteiger charge is 2.01. The summed E-state index contributed by atoms with van der Waals surface area (Å²) in [4.78, 5) is 3.80. The fourth-order valence-electron chi connectivity index (χ4n) is 0.492. The number of nitrogens with zero attached hydrogens (tertiary/aromatic N) is 1. The van der Waals surface area contributed by atoms with Crippen LogP contribution in [0.2, 0.25) is 0 Å². The summed E-state index contributed by atoms with van der Waals surface area (Å²) in [6.07, 6.45) is 3.22. The van der Waals surface area contributed by atoms with E-state index in [0.717, 1.165) is 17.9 Å². The summed E-state index contributed by atoms with van der Waals surface area (Å²) in [7, 11) is 0. The van der Waals surface area contributed by atoms with Crippen LogP contribution in [0.5, 0.6) is 0 Å². The molecular formula is C5H5Cl2N. The molecule has 0 bridgehead atoms. The van der Waals surface area contributed by atoms with Crippen LogP contribution in [0, 0.1) is 0 Å². The van der Waals surface area contributed by atoms with E-state index >= 15 is 0 Å². The van der Waals surface area contributed by atoms with Crippen molar-refractivity contribution in [3.8, 4) is 0 Å². The third kappa shape index (κ3) is 1.49. The standard InChI is InChI=1S/C5H5Cl2N/c6-4-1-2-5(7)8-3-4/h3H,1-2H2. The average Bonchev–Trinajstić information content (AvgIpc) is 1.77. The summed E-state index contributed by atoms with van der Waals surface area (Å²) in [5.41, 5.74) is 0. The molecule has 1 heterocycles. The van der Waals surface area contributed by atoms with Gasteiger partial charge in [0.1, 0.15) is 5.17 Å². The zero-order valence-electron chi connectivity index (χ0n) is 4.19. The molecule has 0 aromatic carbocycles. The van der Waals surface area contributed by atoms with Crippen molar-refractivity contribution in [2.45, 2.75) is 12.8 Å². The highest BCUT2D eigenvalue weighted by atomic mass is 35.5. The van der Waals surface area contributed by atoms with Crippen LogP contribution < -0.4 is 0 Å². The minimum Gasteiger partial charge on any atom is -0.248 e. The number of hydrogen-bond acceptors (Lipinski definition) is 1. The van der Waals surface area contributed by atoms with Gasteiger partial charge in [0.25, 0.3) is 0 Å². The molecule has 0 aliphatic carbocycles. The smallest absolute Gasteiger partial charge is 0.106 e. The van der Waals surface area contributed by atoms with E-state index in [1.165, 1.54) is 0 Å². The first-order valence-electron chi connectivity index (χ1n) is 2.36. The van der Waals surface area contributed by atoms with E-state index in [1.54, 1.807) is 6.20 Å². The lowest BCUT2D eigenvalue weighted by Crippen LogP contribution is -1.91. The molecule has 0 spiro atoms. The van der Waals surface area contributed by atoms with Crippen molar-refractivity contribution in [1.29, 1.82) is 0 Å². The normalized spacial score (nSPS) is 19.8. The lowest BCUT2D eigenvalue weighted by atomic mass is 10.3. The van der Waals surface area contributed by atoms with Gasteiger partial charge >= 0.3 is 0 Å². The van der Waals surface area contributed by atoms with Gasteiger partial charge in [-0.2, -0.15) is 0 Å². The van der Waals surface area contributed by atoms with E-state index in [0.29, 0.717) is 5.17 Å². The predicted molar refractivity (Wildman–Crippen MR) is 36.5 cm³/mol. The molecule has 0 aromatic rings. The molecule has 0 aromatic heterocycles. The second kappa shape index (κ2) is 2.51. The molecule has 1 aliphatic rings. The van der Waals surface area contributed by atoms with Crippen LogP contribution in [0.25, 0.3) is 0 Å². The Bertz CT molecular complexity index is 131. The van der Waals surface area contributed by atoms with Crippen molar-refractivity contribution in [1.82, 2.24) is 0 Å². The minimum absolute atomic E-state index is 0.648. The highest BCUT2D eigenvalue weighted by molar-refractivity contribution is 6.65. The van der Waals surface area contributed by atoms with Crippen molar-refractivity contribution >= 4 is 28.4 Å². The van der Waals surface area contributed by atoms with Crippen molar-refractivity contribution < 1.29 is 0 Å². The van der Waals surface area contributed by atoms with E-state index in [4.69, 9.17) is 23.2 Å². The van der Waals surface area contributed by atoms with Crippen molar-refractivity contribution in [2.24, 2.45) is 4.99 Å². The molecule has 1 aliphatic heterocycles. The van der Waals surface area contributed by atoms with Gasteiger partial charge in [0.05, 0.1) is 0 Å². The van der Waals surface area contributed by atoms with Crippen LogP contribution >= 0.6 is 23.2 Å². The number of hydrogen-bond donors (Lipinski definition) is 0. The fraction of sp³-hybridized carbons (Fsp3) is 0.400. The van der Waals surface area contributed by atoms with Gasteiger partial charge in [-0.25, -0.2) is 4.99 Å². The monoisotopic (exact) mass is 149 g/mol. The van der Waals surface area contributed by atoms with E-state index in [9.17, 15) is 0 Å². The Morgan fingerprint density at radius 3 is 2.50 bits per heavy atom. The zero-order valence-corrected chi connectivity index (χ0v) is 5.71. The molecule has 1 nitrogen and oxygen atoms in total. The van der Waals surface area contributed by atoms with Gasteiger partial charge in [-0.15, -0.1) is 0 Å². The molecule has 1 rings (SSSR count). The molecule has 0 fully saturated rings. The lowest BCUT2D eigenvalue weighted by molar-refractivity contribution is 1.05. The summed E-state index contributed by atoms with van der Waals surface area (Å²) >= 11 is 11.1. The number of allylic oxidation sites excluding steroid dienone is 1. The quantitative estimate of drug-likeness (QED) is 0.503. The summed E-state index contributed by atoms with van der Waals surface area (Å²) in [6.45, 7) is 0. The maximum Gasteiger partial charge on any atom is 0.106 e. The van der Waals surface area contributed by atoms with Crippen molar-refractivity contribution in [3.63, 3.8) is 0 Å². The molecule has 44 valence electrons. The minimum atomic E-state index is 0.648. The first-order chi connectivity index (χ1) is 3.79. The van der Waals surface area contributed by atoms with Gasteiger partial charge in [-0.1, -0.05) is 23.2 Å². The van der Waals surface area contributed by atoms with Crippen molar-refractivity contribution in [2.75, 3.05) is 0 Å². The molecule has 8 heavy (non-hydrogen) atoms. The number of halogens is 2. The highest BCUT2D eigenvalue weighted by Crippen LogP contribution is 2.16. The fourth-order valence-corrected chi connectivity index (χ4v) is 0.778. The Hall–Kier alpha value is -0.0100. The summed E-state index contributed by atoms with van der Waals surface area (Å²) in [6, 6.07) is 0.